The van der Waals surface area contributed by atoms with Gasteiger partial charge in [-0.05, 0) is 147 Å². The summed E-state index contributed by atoms with van der Waals surface area (Å²) >= 11 is 0. The van der Waals surface area contributed by atoms with E-state index in [9.17, 15) is 52.6 Å². The van der Waals surface area contributed by atoms with Gasteiger partial charge in [0.2, 0.25) is 0 Å². The smallest absolute Gasteiger partial charge is 0.309 e. The molecule has 0 aliphatic rings. The molecule has 0 unspecified atom stereocenters. The van der Waals surface area contributed by atoms with Crippen LogP contribution in [0.2, 0.25) is 0 Å². The number of nitrogens with zero attached hydrogens (tertiary/aromatic N) is 12. The highest BCUT2D eigenvalue weighted by Crippen LogP contribution is 2.47. The summed E-state index contributed by atoms with van der Waals surface area (Å²) in [6.07, 6.45) is -5.07. The highest BCUT2D eigenvalue weighted by atomic mass is 19.4. The molecule has 0 amide bonds. The van der Waals surface area contributed by atoms with E-state index in [1.807, 2.05) is 18.2 Å². The average Bonchev–Trinajstić information content (AvgIpc) is 1.77. The van der Waals surface area contributed by atoms with Gasteiger partial charge in [0.25, 0.3) is 0 Å². The maximum absolute atomic E-state index is 16.0. The molecule has 12 rings (SSSR count). The van der Waals surface area contributed by atoms with Crippen molar-refractivity contribution in [1.82, 2.24) is 9.13 Å². The van der Waals surface area contributed by atoms with Gasteiger partial charge >= 0.3 is 6.18 Å². The SMILES string of the molecule is N#Cc1ccc(-c2ccc3c4ccc(-c5ccc(C#N)cc5C#N)cc4n(-c4cc(-c5ccc(C#N)cc5C(F)(F)F)c(-n5c6cc(-c7ccc(C#N)cc7C#N)ccc6c6ccc(-c7ccc(C#N)cc7C#N)cc65)cc4C#N)c3c2)c(C#N)c1. The van der Waals surface area contributed by atoms with E-state index in [1.165, 1.54) is 48.5 Å². The molecular formula is C71H29F3N12. The van der Waals surface area contributed by atoms with Crippen LogP contribution in [0.5, 0.6) is 0 Å². The molecule has 0 aliphatic heterocycles. The molecule has 0 atom stereocenters. The predicted octanol–water partition coefficient (Wildman–Crippen LogP) is 16.0. The summed E-state index contributed by atoms with van der Waals surface area (Å²) in [5.74, 6) is 0. The van der Waals surface area contributed by atoms with E-state index in [1.54, 1.807) is 118 Å². The van der Waals surface area contributed by atoms with Crippen LogP contribution in [0.3, 0.4) is 0 Å². The first-order valence-corrected chi connectivity index (χ1v) is 25.9. The van der Waals surface area contributed by atoms with E-state index in [2.05, 4.69) is 54.6 Å². The molecule has 15 heteroatoms. The lowest BCUT2D eigenvalue weighted by Gasteiger charge is -2.21. The van der Waals surface area contributed by atoms with Gasteiger partial charge in [-0.1, -0.05) is 78.9 Å². The molecule has 0 saturated heterocycles. The lowest BCUT2D eigenvalue weighted by molar-refractivity contribution is -0.137. The summed E-state index contributed by atoms with van der Waals surface area (Å²) < 4.78 is 51.4. The number of benzene rings is 10. The van der Waals surface area contributed by atoms with E-state index in [0.29, 0.717) is 88.1 Å². The van der Waals surface area contributed by atoms with Gasteiger partial charge in [-0.25, -0.2) is 0 Å². The Morgan fingerprint density at radius 1 is 0.256 bits per heavy atom. The van der Waals surface area contributed by atoms with Gasteiger partial charge in [0.05, 0.1) is 149 Å². The summed E-state index contributed by atoms with van der Waals surface area (Å²) in [4.78, 5) is 0. The Kier molecular flexibility index (Phi) is 12.9. The summed E-state index contributed by atoms with van der Waals surface area (Å²) in [6, 6.07) is 67.5. The molecule has 0 bridgehead atoms. The Balaban J connectivity index is 1.25. The number of rotatable bonds is 7. The lowest BCUT2D eigenvalue weighted by Crippen LogP contribution is -2.10. The molecule has 0 spiro atoms. The minimum Gasteiger partial charge on any atom is -0.309 e. The van der Waals surface area contributed by atoms with Crippen molar-refractivity contribution in [2.75, 3.05) is 0 Å². The van der Waals surface area contributed by atoms with Crippen molar-refractivity contribution in [1.29, 1.82) is 52.6 Å². The van der Waals surface area contributed by atoms with Crippen LogP contribution < -0.4 is 0 Å². The van der Waals surface area contributed by atoms with Gasteiger partial charge in [0, 0.05) is 27.1 Å². The molecule has 12 nitrogen and oxygen atoms in total. The maximum atomic E-state index is 16.0. The van der Waals surface area contributed by atoms with Crippen molar-refractivity contribution < 1.29 is 13.2 Å². The van der Waals surface area contributed by atoms with Crippen LogP contribution in [0.15, 0.2) is 176 Å². The van der Waals surface area contributed by atoms with Crippen molar-refractivity contribution in [2.24, 2.45) is 0 Å². The molecule has 12 aromatic rings. The van der Waals surface area contributed by atoms with Crippen LogP contribution in [0, 0.1) is 113 Å². The Morgan fingerprint density at radius 2 is 0.547 bits per heavy atom. The third-order valence-corrected chi connectivity index (χ3v) is 15.3. The number of alkyl halides is 3. The van der Waals surface area contributed by atoms with E-state index >= 15 is 13.2 Å². The fourth-order valence-electron chi connectivity index (χ4n) is 11.4. The first kappa shape index (κ1) is 53.1. The van der Waals surface area contributed by atoms with E-state index in [-0.39, 0.29) is 78.1 Å². The number of hydrogen-bond acceptors (Lipinski definition) is 10. The third-order valence-electron chi connectivity index (χ3n) is 15.3. The zero-order valence-electron chi connectivity index (χ0n) is 44.2. The van der Waals surface area contributed by atoms with Crippen molar-refractivity contribution in [3.63, 3.8) is 0 Å². The first-order valence-electron chi connectivity index (χ1n) is 25.9. The summed E-state index contributed by atoms with van der Waals surface area (Å²) in [6.45, 7) is 0. The fraction of sp³-hybridized carbons (Fsp3) is 0.0141. The second-order valence-electron chi connectivity index (χ2n) is 19.9. The Morgan fingerprint density at radius 3 is 0.837 bits per heavy atom. The van der Waals surface area contributed by atoms with Crippen molar-refractivity contribution in [2.45, 2.75) is 6.18 Å². The normalized spacial score (nSPS) is 10.8. The lowest BCUT2D eigenvalue weighted by atomic mass is 9.93. The second kappa shape index (κ2) is 20.9. The van der Waals surface area contributed by atoms with Gasteiger partial charge in [-0.15, -0.1) is 0 Å². The Labute approximate surface area is 487 Å². The number of aromatic nitrogens is 2. The molecule has 2 aromatic heterocycles. The molecule has 0 fully saturated rings. The van der Waals surface area contributed by atoms with E-state index in [4.69, 9.17) is 0 Å². The quantitative estimate of drug-likeness (QED) is 0.146. The summed E-state index contributed by atoms with van der Waals surface area (Å²) in [5, 5.41) is 105. The topological polar surface area (TPSA) is 248 Å². The van der Waals surface area contributed by atoms with Gasteiger partial charge in [0.1, 0.15) is 6.07 Å². The third kappa shape index (κ3) is 8.73. The van der Waals surface area contributed by atoms with E-state index in [0.717, 1.165) is 6.07 Å². The minimum atomic E-state index is -5.07. The highest BCUT2D eigenvalue weighted by Gasteiger charge is 2.36. The number of halogens is 3. The molecular weight excluding hydrogens is 1080 g/mol. The standard InChI is InChI=1S/C71H29F3N12/c72-71(73,74)64-23-44(34-79)5-14-58(64)63-29-65(85-66-24-45(54-10-1-40(30-75)19-49(54)35-80)6-15-59(66)60-16-7-46(25-67(60)85)55-11-2-41(31-76)20-50(55)36-81)53(39-84)28-70(63)86-68-26-47(56-12-3-42(32-77)21-51(56)37-82)8-17-61(68)62-18-9-48(27-69(62)86)57-13-4-43(33-78)22-52(57)38-83/h1-29H. The highest BCUT2D eigenvalue weighted by molar-refractivity contribution is 6.14. The van der Waals surface area contributed by atoms with Crippen LogP contribution in [0.1, 0.15) is 61.2 Å². The van der Waals surface area contributed by atoms with Crippen LogP contribution in [-0.4, -0.2) is 9.13 Å². The molecule has 2 heterocycles. The Bertz CT molecular complexity index is 5230. The summed E-state index contributed by atoms with van der Waals surface area (Å²) in [5.41, 5.74) is 5.39. The van der Waals surface area contributed by atoms with Crippen molar-refractivity contribution in [3.05, 3.63) is 237 Å². The van der Waals surface area contributed by atoms with Gasteiger partial charge < -0.3 is 9.13 Å². The molecule has 10 aromatic carbocycles. The second-order valence-corrected chi connectivity index (χ2v) is 19.9. The zero-order chi connectivity index (χ0) is 60.1. The molecule has 0 saturated carbocycles. The minimum absolute atomic E-state index is 0.0484. The number of nitriles is 10. The number of hydrogen-bond donors (Lipinski definition) is 0. The molecule has 394 valence electrons. The summed E-state index contributed by atoms with van der Waals surface area (Å²) in [7, 11) is 0. The molecule has 86 heavy (non-hydrogen) atoms. The van der Waals surface area contributed by atoms with Crippen LogP contribution in [-0.2, 0) is 6.18 Å². The molecule has 0 aliphatic carbocycles. The number of fused-ring (bicyclic) bond motifs is 6. The monoisotopic (exact) mass is 1110 g/mol. The zero-order valence-corrected chi connectivity index (χ0v) is 44.2. The Hall–Kier alpha value is -13.5. The van der Waals surface area contributed by atoms with Gasteiger partial charge in [-0.3, -0.25) is 0 Å². The van der Waals surface area contributed by atoms with Crippen molar-refractivity contribution in [3.8, 4) is 128 Å². The van der Waals surface area contributed by atoms with Crippen LogP contribution in [0.4, 0.5) is 13.2 Å². The van der Waals surface area contributed by atoms with Gasteiger partial charge in [0.15, 0.2) is 0 Å². The fourth-order valence-corrected chi connectivity index (χ4v) is 11.4. The molecule has 0 N–H and O–H groups in total. The van der Waals surface area contributed by atoms with Crippen molar-refractivity contribution >= 4 is 43.6 Å². The van der Waals surface area contributed by atoms with E-state index < -0.39 is 11.7 Å². The van der Waals surface area contributed by atoms with Crippen LogP contribution >= 0.6 is 0 Å². The predicted molar refractivity (Wildman–Crippen MR) is 314 cm³/mol. The largest absolute Gasteiger partial charge is 0.417 e. The van der Waals surface area contributed by atoms with Crippen LogP contribution in [0.25, 0.3) is 111 Å². The molecule has 0 radical (unpaired) electrons. The maximum Gasteiger partial charge on any atom is 0.417 e. The first-order chi connectivity index (χ1) is 41.8. The van der Waals surface area contributed by atoms with Gasteiger partial charge in [-0.2, -0.15) is 65.8 Å². The average molecular weight is 1110 g/mol.